The summed E-state index contributed by atoms with van der Waals surface area (Å²) in [5, 5.41) is 15.5. The van der Waals surface area contributed by atoms with Crippen LogP contribution in [-0.2, 0) is 16.0 Å². The van der Waals surface area contributed by atoms with Gasteiger partial charge in [-0.15, -0.1) is 0 Å². The molecule has 0 bridgehead atoms. The predicted octanol–water partition coefficient (Wildman–Crippen LogP) is -1.43. The Hall–Kier alpha value is -1.01. The molecule has 1 aromatic carbocycles. The van der Waals surface area contributed by atoms with Gasteiger partial charge in [0.15, 0.2) is 0 Å². The molecule has 0 spiro atoms. The number of halogens is 1. The maximum absolute atomic E-state index is 12.0. The summed E-state index contributed by atoms with van der Waals surface area (Å²) < 4.78 is 0. The van der Waals surface area contributed by atoms with Gasteiger partial charge in [0.1, 0.15) is 0 Å². The molecule has 5 nitrogen and oxygen atoms in total. The molecule has 24 heavy (non-hydrogen) atoms. The number of aryl methyl sites for hydroxylation is 1. The molecule has 1 fully saturated rings. The van der Waals surface area contributed by atoms with E-state index in [1.54, 1.807) is 0 Å². The fraction of sp³-hybridized carbons (Fsp3) is 0.412. The van der Waals surface area contributed by atoms with Crippen LogP contribution in [0.15, 0.2) is 18.2 Å². The van der Waals surface area contributed by atoms with Crippen molar-refractivity contribution in [3.8, 4) is 0 Å². The molecule has 122 valence electrons. The van der Waals surface area contributed by atoms with Gasteiger partial charge in [-0.1, -0.05) is 17.7 Å². The standard InChI is InChI=1S/C17H19ClN2O3.Na/c1-9-11(12-3-2-10(18)8-15(12)20-9)6-7-19-16(21)13-4-5-14(13)17(22)23;/h2-3,8,13-14,20H,4-7H2,1H3,(H,19,21)(H,22,23);/q;+1/p-1/t13-,14+;/m1./s1. The number of hydrogen-bond acceptors (Lipinski definition) is 3. The van der Waals surface area contributed by atoms with E-state index in [0.29, 0.717) is 30.8 Å². The number of carbonyl (C=O) groups is 2. The van der Waals surface area contributed by atoms with Gasteiger partial charge in [0.2, 0.25) is 5.91 Å². The molecule has 1 amide bonds. The Bertz CT molecular complexity index is 775. The van der Waals surface area contributed by atoms with Gasteiger partial charge in [0.25, 0.3) is 0 Å². The monoisotopic (exact) mass is 356 g/mol. The Morgan fingerprint density at radius 2 is 2.04 bits per heavy atom. The fourth-order valence-corrected chi connectivity index (χ4v) is 3.39. The van der Waals surface area contributed by atoms with Crippen LogP contribution in [0, 0.1) is 18.8 Å². The molecule has 1 saturated carbocycles. The minimum Gasteiger partial charge on any atom is -0.550 e. The number of fused-ring (bicyclic) bond motifs is 1. The van der Waals surface area contributed by atoms with Gasteiger partial charge in [0.05, 0.1) is 0 Å². The molecule has 0 aliphatic heterocycles. The number of aromatic amines is 1. The topological polar surface area (TPSA) is 85.0 Å². The minimum absolute atomic E-state index is 0. The van der Waals surface area contributed by atoms with Crippen molar-refractivity contribution in [1.29, 1.82) is 0 Å². The third kappa shape index (κ3) is 3.80. The van der Waals surface area contributed by atoms with Crippen LogP contribution in [0.5, 0.6) is 0 Å². The molecule has 3 rings (SSSR count). The first kappa shape index (κ1) is 19.3. The Morgan fingerprint density at radius 1 is 1.33 bits per heavy atom. The normalized spacial score (nSPS) is 19.4. The molecule has 1 aromatic heterocycles. The first-order chi connectivity index (χ1) is 11.0. The van der Waals surface area contributed by atoms with E-state index in [4.69, 9.17) is 11.6 Å². The number of nitrogens with one attached hydrogen (secondary N) is 2. The molecule has 2 atom stereocenters. The van der Waals surface area contributed by atoms with Crippen molar-refractivity contribution in [1.82, 2.24) is 10.3 Å². The Morgan fingerprint density at radius 3 is 2.67 bits per heavy atom. The summed E-state index contributed by atoms with van der Waals surface area (Å²) in [6.07, 6.45) is 1.83. The predicted molar refractivity (Wildman–Crippen MR) is 86.0 cm³/mol. The summed E-state index contributed by atoms with van der Waals surface area (Å²) in [6, 6.07) is 5.69. The van der Waals surface area contributed by atoms with Gasteiger partial charge >= 0.3 is 29.6 Å². The second kappa shape index (κ2) is 7.91. The van der Waals surface area contributed by atoms with Gasteiger partial charge in [-0.25, -0.2) is 0 Å². The molecular formula is C17H18ClN2NaO3. The maximum Gasteiger partial charge on any atom is 1.00 e. The molecular weight excluding hydrogens is 339 g/mol. The number of aromatic nitrogens is 1. The zero-order chi connectivity index (χ0) is 16.6. The van der Waals surface area contributed by atoms with Crippen LogP contribution in [0.1, 0.15) is 24.1 Å². The van der Waals surface area contributed by atoms with Crippen molar-refractivity contribution in [2.24, 2.45) is 11.8 Å². The number of carbonyl (C=O) groups excluding carboxylic acids is 2. The van der Waals surface area contributed by atoms with Crippen molar-refractivity contribution < 1.29 is 44.3 Å². The van der Waals surface area contributed by atoms with Crippen LogP contribution in [0.25, 0.3) is 10.9 Å². The van der Waals surface area contributed by atoms with Crippen LogP contribution in [0.2, 0.25) is 5.02 Å². The molecule has 2 aromatic rings. The van der Waals surface area contributed by atoms with Crippen LogP contribution in [-0.4, -0.2) is 23.4 Å². The van der Waals surface area contributed by atoms with Crippen molar-refractivity contribution in [3.05, 3.63) is 34.5 Å². The Kier molecular flexibility index (Phi) is 6.37. The van der Waals surface area contributed by atoms with Crippen molar-refractivity contribution in [2.45, 2.75) is 26.2 Å². The van der Waals surface area contributed by atoms with Gasteiger partial charge in [-0.2, -0.15) is 0 Å². The SMILES string of the molecule is Cc1[nH]c2cc(Cl)ccc2c1CCNC(=O)[C@@H]1CC[C@@H]1C(=O)[O-].[Na+]. The van der Waals surface area contributed by atoms with Gasteiger partial charge in [-0.05, 0) is 43.9 Å². The minimum atomic E-state index is -1.12. The second-order valence-corrected chi connectivity index (χ2v) is 6.51. The molecule has 0 unspecified atom stereocenters. The van der Waals surface area contributed by atoms with Crippen molar-refractivity contribution in [2.75, 3.05) is 6.54 Å². The molecule has 1 aliphatic carbocycles. The number of carboxylic acid groups (broad SMARTS) is 1. The van der Waals surface area contributed by atoms with E-state index in [0.717, 1.165) is 22.2 Å². The summed E-state index contributed by atoms with van der Waals surface area (Å²) in [7, 11) is 0. The number of rotatable bonds is 5. The van der Waals surface area contributed by atoms with Crippen molar-refractivity contribution in [3.63, 3.8) is 0 Å². The molecule has 1 heterocycles. The first-order valence-electron chi connectivity index (χ1n) is 7.72. The first-order valence-corrected chi connectivity index (χ1v) is 8.10. The third-order valence-corrected chi connectivity index (χ3v) is 4.90. The van der Waals surface area contributed by atoms with E-state index in [9.17, 15) is 14.7 Å². The Labute approximate surface area is 167 Å². The van der Waals surface area contributed by atoms with Gasteiger partial charge in [0, 0.05) is 46.0 Å². The van der Waals surface area contributed by atoms with E-state index in [1.807, 2.05) is 25.1 Å². The van der Waals surface area contributed by atoms with E-state index in [1.165, 1.54) is 0 Å². The number of amides is 1. The van der Waals surface area contributed by atoms with Gasteiger partial charge in [-0.3, -0.25) is 4.79 Å². The summed E-state index contributed by atoms with van der Waals surface area (Å²) in [4.78, 5) is 26.2. The smallest absolute Gasteiger partial charge is 0.550 e. The molecule has 1 aliphatic rings. The number of hydrogen-bond donors (Lipinski definition) is 2. The van der Waals surface area contributed by atoms with Crippen molar-refractivity contribution >= 4 is 34.4 Å². The Balaban J connectivity index is 0.00000208. The maximum atomic E-state index is 12.0. The summed E-state index contributed by atoms with van der Waals surface area (Å²) in [5.41, 5.74) is 3.17. The average molecular weight is 357 g/mol. The summed E-state index contributed by atoms with van der Waals surface area (Å²) in [5.74, 6) is -2.39. The van der Waals surface area contributed by atoms with E-state index in [-0.39, 0.29) is 35.5 Å². The average Bonchev–Trinajstić information content (AvgIpc) is 2.72. The summed E-state index contributed by atoms with van der Waals surface area (Å²) in [6.45, 7) is 2.47. The van der Waals surface area contributed by atoms with E-state index >= 15 is 0 Å². The van der Waals surface area contributed by atoms with Crippen LogP contribution >= 0.6 is 11.6 Å². The number of H-pyrrole nitrogens is 1. The van der Waals surface area contributed by atoms with E-state index in [2.05, 4.69) is 10.3 Å². The molecule has 7 heteroatoms. The molecule has 0 radical (unpaired) electrons. The number of aliphatic carboxylic acids is 1. The van der Waals surface area contributed by atoms with Crippen LogP contribution in [0.3, 0.4) is 0 Å². The van der Waals surface area contributed by atoms with E-state index < -0.39 is 17.8 Å². The largest absolute Gasteiger partial charge is 1.00 e. The zero-order valence-electron chi connectivity index (χ0n) is 13.8. The zero-order valence-corrected chi connectivity index (χ0v) is 16.6. The molecule has 2 N–H and O–H groups in total. The second-order valence-electron chi connectivity index (χ2n) is 6.07. The quantitative estimate of drug-likeness (QED) is 0.644. The number of carboxylic acids is 1. The van der Waals surface area contributed by atoms with Gasteiger partial charge < -0.3 is 20.2 Å². The third-order valence-electron chi connectivity index (χ3n) is 4.67. The number of benzene rings is 1. The fourth-order valence-electron chi connectivity index (χ4n) is 3.22. The summed E-state index contributed by atoms with van der Waals surface area (Å²) >= 11 is 5.99. The van der Waals surface area contributed by atoms with Crippen LogP contribution < -0.4 is 40.0 Å². The molecule has 0 saturated heterocycles. The van der Waals surface area contributed by atoms with Crippen LogP contribution in [0.4, 0.5) is 0 Å².